The SMILES string of the molecule is CC(=O)c1cc2c(cc1NC(=O)CN(C)C1CCCN(C(=O)c3ccco3)C1)OCO2. The number of piperidine rings is 1. The molecule has 1 N–H and O–H groups in total. The highest BCUT2D eigenvalue weighted by Gasteiger charge is 2.29. The average molecular weight is 427 g/mol. The normalized spacial score (nSPS) is 17.6. The molecule has 164 valence electrons. The molecule has 1 unspecified atom stereocenters. The Hall–Kier alpha value is -3.33. The standard InChI is InChI=1S/C22H25N3O6/c1-14(26)16-9-19-20(31-13-30-19)10-17(16)23-21(27)12-24(2)15-5-3-7-25(11-15)22(28)18-6-4-8-29-18/h4,6,8-10,15H,3,5,7,11-13H2,1-2H3,(H,23,27). The van der Waals surface area contributed by atoms with Crippen molar-refractivity contribution >= 4 is 23.3 Å². The van der Waals surface area contributed by atoms with Gasteiger partial charge in [-0.25, -0.2) is 0 Å². The fourth-order valence-corrected chi connectivity index (χ4v) is 3.94. The molecule has 4 rings (SSSR count). The van der Waals surface area contributed by atoms with E-state index in [2.05, 4.69) is 5.32 Å². The Morgan fingerprint density at radius 1 is 1.23 bits per heavy atom. The number of anilines is 1. The lowest BCUT2D eigenvalue weighted by atomic mass is 10.0. The van der Waals surface area contributed by atoms with Gasteiger partial charge in [0.1, 0.15) is 0 Å². The number of Topliss-reactive ketones (excluding diaryl/α,β-unsaturated/α-hetero) is 1. The molecule has 2 amide bonds. The van der Waals surface area contributed by atoms with Crippen molar-refractivity contribution in [1.29, 1.82) is 0 Å². The molecular weight excluding hydrogens is 402 g/mol. The smallest absolute Gasteiger partial charge is 0.289 e. The van der Waals surface area contributed by atoms with E-state index in [0.29, 0.717) is 41.6 Å². The lowest BCUT2D eigenvalue weighted by Crippen LogP contribution is -2.50. The topological polar surface area (TPSA) is 101 Å². The van der Waals surface area contributed by atoms with Gasteiger partial charge in [0, 0.05) is 30.8 Å². The summed E-state index contributed by atoms with van der Waals surface area (Å²) in [4.78, 5) is 41.0. The van der Waals surface area contributed by atoms with Crippen molar-refractivity contribution in [3.63, 3.8) is 0 Å². The molecule has 2 aromatic rings. The summed E-state index contributed by atoms with van der Waals surface area (Å²) in [5, 5.41) is 2.82. The van der Waals surface area contributed by atoms with Gasteiger partial charge in [-0.1, -0.05) is 0 Å². The minimum absolute atomic E-state index is 0.0439. The number of likely N-dealkylation sites (tertiary alicyclic amines) is 1. The van der Waals surface area contributed by atoms with E-state index in [0.717, 1.165) is 12.8 Å². The van der Waals surface area contributed by atoms with E-state index in [1.165, 1.54) is 13.2 Å². The highest BCUT2D eigenvalue weighted by atomic mass is 16.7. The minimum atomic E-state index is -0.252. The molecule has 2 aliphatic rings. The number of fused-ring (bicyclic) bond motifs is 1. The highest BCUT2D eigenvalue weighted by molar-refractivity contribution is 6.05. The number of likely N-dealkylation sites (N-methyl/N-ethyl adjacent to an activating group) is 1. The first kappa shape index (κ1) is 20.9. The Morgan fingerprint density at radius 3 is 2.71 bits per heavy atom. The van der Waals surface area contributed by atoms with Crippen LogP contribution in [0.25, 0.3) is 0 Å². The van der Waals surface area contributed by atoms with Crippen LogP contribution in [-0.2, 0) is 4.79 Å². The second-order valence-electron chi connectivity index (χ2n) is 7.80. The Labute approximate surface area is 179 Å². The number of furan rings is 1. The molecule has 0 saturated carbocycles. The quantitative estimate of drug-likeness (QED) is 0.707. The first-order valence-electron chi connectivity index (χ1n) is 10.2. The van der Waals surface area contributed by atoms with Crippen LogP contribution >= 0.6 is 0 Å². The molecule has 1 saturated heterocycles. The molecule has 0 radical (unpaired) electrons. The van der Waals surface area contributed by atoms with Crippen LogP contribution < -0.4 is 14.8 Å². The number of nitrogens with one attached hydrogen (secondary N) is 1. The Balaban J connectivity index is 1.39. The summed E-state index contributed by atoms with van der Waals surface area (Å²) in [7, 11) is 1.86. The van der Waals surface area contributed by atoms with Crippen molar-refractivity contribution in [2.45, 2.75) is 25.8 Å². The number of ketones is 1. The van der Waals surface area contributed by atoms with Gasteiger partial charge in [-0.05, 0) is 45.0 Å². The summed E-state index contributed by atoms with van der Waals surface area (Å²) in [5.41, 5.74) is 0.765. The first-order chi connectivity index (χ1) is 14.9. The fourth-order valence-electron chi connectivity index (χ4n) is 3.94. The van der Waals surface area contributed by atoms with Crippen LogP contribution in [0.3, 0.4) is 0 Å². The molecule has 1 aromatic heterocycles. The van der Waals surface area contributed by atoms with Crippen LogP contribution in [-0.4, -0.2) is 66.9 Å². The molecule has 9 heteroatoms. The van der Waals surface area contributed by atoms with Gasteiger partial charge in [0.05, 0.1) is 18.5 Å². The van der Waals surface area contributed by atoms with Crippen molar-refractivity contribution in [3.05, 3.63) is 41.9 Å². The lowest BCUT2D eigenvalue weighted by Gasteiger charge is -2.37. The van der Waals surface area contributed by atoms with Crippen molar-refractivity contribution in [3.8, 4) is 11.5 Å². The second kappa shape index (κ2) is 8.81. The highest BCUT2D eigenvalue weighted by Crippen LogP contribution is 2.37. The third-order valence-corrected chi connectivity index (χ3v) is 5.60. The summed E-state index contributed by atoms with van der Waals surface area (Å²) in [6, 6.07) is 6.59. The number of hydrogen-bond acceptors (Lipinski definition) is 7. The van der Waals surface area contributed by atoms with Crippen molar-refractivity contribution in [2.24, 2.45) is 0 Å². The van der Waals surface area contributed by atoms with E-state index in [1.54, 1.807) is 29.2 Å². The molecule has 1 aromatic carbocycles. The summed E-state index contributed by atoms with van der Waals surface area (Å²) < 4.78 is 15.9. The van der Waals surface area contributed by atoms with Crippen molar-refractivity contribution in [1.82, 2.24) is 9.80 Å². The fraction of sp³-hybridized carbons (Fsp3) is 0.409. The molecule has 0 spiro atoms. The van der Waals surface area contributed by atoms with Gasteiger partial charge in [-0.2, -0.15) is 0 Å². The van der Waals surface area contributed by atoms with Crippen LogP contribution in [0.15, 0.2) is 34.9 Å². The Morgan fingerprint density at radius 2 is 2.00 bits per heavy atom. The number of benzene rings is 1. The van der Waals surface area contributed by atoms with Gasteiger partial charge >= 0.3 is 0 Å². The minimum Gasteiger partial charge on any atom is -0.459 e. The zero-order valence-corrected chi connectivity index (χ0v) is 17.6. The van der Waals surface area contributed by atoms with Crippen LogP contribution in [0.4, 0.5) is 5.69 Å². The van der Waals surface area contributed by atoms with E-state index < -0.39 is 0 Å². The van der Waals surface area contributed by atoms with Gasteiger partial charge in [-0.15, -0.1) is 0 Å². The molecule has 2 aliphatic heterocycles. The van der Waals surface area contributed by atoms with E-state index in [9.17, 15) is 14.4 Å². The number of hydrogen-bond donors (Lipinski definition) is 1. The average Bonchev–Trinajstić information content (AvgIpc) is 3.44. The predicted octanol–water partition coefficient (Wildman–Crippen LogP) is 2.39. The maximum absolute atomic E-state index is 12.7. The first-order valence-corrected chi connectivity index (χ1v) is 10.2. The van der Waals surface area contributed by atoms with Crippen LogP contribution in [0, 0.1) is 0 Å². The lowest BCUT2D eigenvalue weighted by molar-refractivity contribution is -0.117. The molecule has 1 fully saturated rings. The van der Waals surface area contributed by atoms with Crippen molar-refractivity contribution < 1.29 is 28.3 Å². The molecule has 0 bridgehead atoms. The van der Waals surface area contributed by atoms with E-state index in [-0.39, 0.29) is 37.0 Å². The summed E-state index contributed by atoms with van der Waals surface area (Å²) in [6.07, 6.45) is 3.21. The summed E-state index contributed by atoms with van der Waals surface area (Å²) in [6.45, 7) is 2.83. The molecule has 0 aliphatic carbocycles. The number of carbonyl (C=O) groups is 3. The number of ether oxygens (including phenoxy) is 2. The monoisotopic (exact) mass is 427 g/mol. The van der Waals surface area contributed by atoms with Gasteiger partial charge in [0.25, 0.3) is 5.91 Å². The van der Waals surface area contributed by atoms with Gasteiger partial charge in [-0.3, -0.25) is 19.3 Å². The van der Waals surface area contributed by atoms with Crippen LogP contribution in [0.2, 0.25) is 0 Å². The van der Waals surface area contributed by atoms with E-state index in [4.69, 9.17) is 13.9 Å². The third-order valence-electron chi connectivity index (χ3n) is 5.60. The number of rotatable bonds is 6. The molecule has 9 nitrogen and oxygen atoms in total. The second-order valence-corrected chi connectivity index (χ2v) is 7.80. The van der Waals surface area contributed by atoms with Gasteiger partial charge < -0.3 is 24.1 Å². The largest absolute Gasteiger partial charge is 0.459 e. The summed E-state index contributed by atoms with van der Waals surface area (Å²) in [5.74, 6) is 0.733. The molecule has 31 heavy (non-hydrogen) atoms. The number of nitrogens with zero attached hydrogens (tertiary/aromatic N) is 2. The van der Waals surface area contributed by atoms with E-state index in [1.807, 2.05) is 11.9 Å². The zero-order chi connectivity index (χ0) is 22.0. The molecule has 3 heterocycles. The molecular formula is C22H25N3O6. The van der Waals surface area contributed by atoms with Crippen LogP contribution in [0.5, 0.6) is 11.5 Å². The Kier molecular flexibility index (Phi) is 5.94. The van der Waals surface area contributed by atoms with Gasteiger partial charge in [0.15, 0.2) is 23.0 Å². The van der Waals surface area contributed by atoms with Crippen molar-refractivity contribution in [2.75, 3.05) is 38.8 Å². The maximum atomic E-state index is 12.7. The maximum Gasteiger partial charge on any atom is 0.289 e. The Bertz CT molecular complexity index is 987. The molecule has 1 atom stereocenters. The number of carbonyl (C=O) groups excluding carboxylic acids is 3. The number of amides is 2. The third kappa shape index (κ3) is 4.56. The zero-order valence-electron chi connectivity index (χ0n) is 17.6. The predicted molar refractivity (Wildman–Crippen MR) is 111 cm³/mol. The van der Waals surface area contributed by atoms with E-state index >= 15 is 0 Å². The van der Waals surface area contributed by atoms with Crippen LogP contribution in [0.1, 0.15) is 40.7 Å². The van der Waals surface area contributed by atoms with Gasteiger partial charge in [0.2, 0.25) is 12.7 Å². The summed E-state index contributed by atoms with van der Waals surface area (Å²) >= 11 is 0.